The van der Waals surface area contributed by atoms with Gasteiger partial charge in [-0.25, -0.2) is 13.9 Å². The van der Waals surface area contributed by atoms with Crippen LogP contribution in [0.25, 0.3) is 0 Å². The molecule has 2 heterocycles. The van der Waals surface area contributed by atoms with Crippen LogP contribution in [0.2, 0.25) is 0 Å². The fraction of sp³-hybridized carbons (Fsp3) is 0.379. The Bertz CT molecular complexity index is 1370. The van der Waals surface area contributed by atoms with Crippen molar-refractivity contribution in [3.63, 3.8) is 0 Å². The van der Waals surface area contributed by atoms with Crippen molar-refractivity contribution in [2.45, 2.75) is 51.1 Å². The second-order valence-corrected chi connectivity index (χ2v) is 10.1. The Morgan fingerprint density at radius 3 is 2.50 bits per heavy atom. The molecule has 0 spiro atoms. The number of amides is 1. The van der Waals surface area contributed by atoms with E-state index in [1.165, 1.54) is 17.8 Å². The predicted molar refractivity (Wildman–Crippen MR) is 152 cm³/mol. The molecule has 40 heavy (non-hydrogen) atoms. The van der Waals surface area contributed by atoms with E-state index in [0.29, 0.717) is 65.6 Å². The van der Waals surface area contributed by atoms with E-state index in [-0.39, 0.29) is 18.3 Å². The van der Waals surface area contributed by atoms with Gasteiger partial charge in [-0.1, -0.05) is 49.0 Å². The molecule has 1 unspecified atom stereocenters. The zero-order chi connectivity index (χ0) is 28.6. The summed E-state index contributed by atoms with van der Waals surface area (Å²) in [5.74, 6) is 0.555. The van der Waals surface area contributed by atoms with Crippen LogP contribution >= 0.6 is 11.8 Å². The lowest BCUT2D eigenvalue weighted by Crippen LogP contribution is -2.34. The highest BCUT2D eigenvalue weighted by atomic mass is 32.2. The van der Waals surface area contributed by atoms with E-state index in [9.17, 15) is 14.0 Å². The Hall–Kier alpha value is -3.86. The molecule has 0 bridgehead atoms. The maximum absolute atomic E-state index is 14.1. The number of hydrogen-bond donors (Lipinski definition) is 1. The average Bonchev–Trinajstić information content (AvgIpc) is 3.37. The largest absolute Gasteiger partial charge is 0.484 e. The minimum absolute atomic E-state index is 0.0577. The van der Waals surface area contributed by atoms with E-state index in [4.69, 9.17) is 9.47 Å². The van der Waals surface area contributed by atoms with Crippen LogP contribution < -0.4 is 10.1 Å². The van der Waals surface area contributed by atoms with Crippen molar-refractivity contribution in [3.8, 4) is 5.75 Å². The third kappa shape index (κ3) is 6.64. The van der Waals surface area contributed by atoms with E-state index in [1.807, 2.05) is 32.9 Å². The number of halogens is 1. The highest BCUT2D eigenvalue weighted by Crippen LogP contribution is 2.37. The van der Waals surface area contributed by atoms with Crippen LogP contribution in [0.3, 0.4) is 0 Å². The summed E-state index contributed by atoms with van der Waals surface area (Å²) < 4.78 is 27.0. The number of allylic oxidation sites excluding steroid dienone is 1. The summed E-state index contributed by atoms with van der Waals surface area (Å²) in [6.07, 6.45) is 0.694. The predicted octanol–water partition coefficient (Wildman–Crippen LogP) is 5.20. The Morgan fingerprint density at radius 1 is 1.10 bits per heavy atom. The number of carbonyl (C=O) groups excluding carboxylic acids is 2. The topological polar surface area (TPSA) is 98.6 Å². The summed E-state index contributed by atoms with van der Waals surface area (Å²) in [5.41, 5.74) is 2.35. The molecule has 3 aromatic rings. The lowest BCUT2D eigenvalue weighted by atomic mass is 9.96. The fourth-order valence-corrected chi connectivity index (χ4v) is 5.17. The van der Waals surface area contributed by atoms with Gasteiger partial charge in [0.1, 0.15) is 17.6 Å². The molecule has 0 saturated heterocycles. The molecule has 1 aromatic heterocycles. The molecule has 1 aliphatic heterocycles. The second-order valence-electron chi connectivity index (χ2n) is 9.17. The van der Waals surface area contributed by atoms with Gasteiger partial charge in [-0.05, 0) is 56.5 Å². The third-order valence-electron chi connectivity index (χ3n) is 6.48. The van der Waals surface area contributed by atoms with Crippen LogP contribution in [0.1, 0.15) is 51.3 Å². The lowest BCUT2D eigenvalue weighted by molar-refractivity contribution is -0.139. The van der Waals surface area contributed by atoms with E-state index in [2.05, 4.69) is 15.4 Å². The first kappa shape index (κ1) is 29.1. The summed E-state index contributed by atoms with van der Waals surface area (Å²) in [4.78, 5) is 31.8. The SMILES string of the molecule is CCCOC(=O)C1=C(C)Nc2nc(SCc3ccccc3F)nn2C1c1ccc(OCC(=O)N(CC)CC)cc1. The Kier molecular flexibility index (Phi) is 9.81. The van der Waals surface area contributed by atoms with Gasteiger partial charge in [0.15, 0.2) is 6.61 Å². The van der Waals surface area contributed by atoms with Crippen molar-refractivity contribution in [2.24, 2.45) is 0 Å². The number of fused-ring (bicyclic) bond motifs is 1. The van der Waals surface area contributed by atoms with Gasteiger partial charge < -0.3 is 19.7 Å². The van der Waals surface area contributed by atoms with Gasteiger partial charge >= 0.3 is 5.97 Å². The molecule has 2 aromatic carbocycles. The molecule has 0 saturated carbocycles. The minimum Gasteiger partial charge on any atom is -0.484 e. The minimum atomic E-state index is -0.609. The normalized spacial score (nSPS) is 14.4. The van der Waals surface area contributed by atoms with Crippen molar-refractivity contribution in [3.05, 3.63) is 76.7 Å². The number of anilines is 1. The molecule has 212 valence electrons. The van der Waals surface area contributed by atoms with Crippen LogP contribution in [0, 0.1) is 5.82 Å². The maximum atomic E-state index is 14.1. The molecule has 1 atom stereocenters. The highest BCUT2D eigenvalue weighted by molar-refractivity contribution is 7.98. The standard InChI is InChI=1S/C29H34FN5O4S/c1-5-16-38-27(37)25-19(4)31-28-32-29(40-18-21-10-8-9-11-23(21)30)33-35(28)26(25)20-12-14-22(15-13-20)39-17-24(36)34(6-2)7-3/h8-15,26H,5-7,16-18H2,1-4H3,(H,31,32,33). The molecular weight excluding hydrogens is 533 g/mol. The van der Waals surface area contributed by atoms with Gasteiger partial charge in [0, 0.05) is 24.5 Å². The summed E-state index contributed by atoms with van der Waals surface area (Å²) in [7, 11) is 0. The van der Waals surface area contributed by atoms with Crippen LogP contribution in [0.15, 0.2) is 65.0 Å². The number of rotatable bonds is 12. The lowest BCUT2D eigenvalue weighted by Gasteiger charge is -2.28. The van der Waals surface area contributed by atoms with Crippen LogP contribution in [-0.2, 0) is 20.1 Å². The first-order chi connectivity index (χ1) is 19.4. The van der Waals surface area contributed by atoms with E-state index in [1.54, 1.807) is 46.8 Å². The van der Waals surface area contributed by atoms with Crippen molar-refractivity contribution >= 4 is 29.6 Å². The monoisotopic (exact) mass is 567 g/mol. The summed E-state index contributed by atoms with van der Waals surface area (Å²) in [5, 5.41) is 8.30. The molecule has 1 N–H and O–H groups in total. The highest BCUT2D eigenvalue weighted by Gasteiger charge is 2.35. The Balaban J connectivity index is 1.60. The van der Waals surface area contributed by atoms with Crippen molar-refractivity contribution in [1.29, 1.82) is 0 Å². The number of carbonyl (C=O) groups is 2. The number of nitrogens with zero attached hydrogens (tertiary/aromatic N) is 4. The smallest absolute Gasteiger partial charge is 0.338 e. The second kappa shape index (κ2) is 13.5. The zero-order valence-electron chi connectivity index (χ0n) is 23.1. The molecule has 1 amide bonds. The maximum Gasteiger partial charge on any atom is 0.338 e. The van der Waals surface area contributed by atoms with Crippen LogP contribution in [0.5, 0.6) is 5.75 Å². The van der Waals surface area contributed by atoms with E-state index >= 15 is 0 Å². The van der Waals surface area contributed by atoms with Gasteiger partial charge in [0.25, 0.3) is 5.91 Å². The van der Waals surface area contributed by atoms with Crippen molar-refractivity contribution in [1.82, 2.24) is 19.7 Å². The number of thioether (sulfide) groups is 1. The van der Waals surface area contributed by atoms with Gasteiger partial charge in [-0.15, -0.1) is 5.10 Å². The summed E-state index contributed by atoms with van der Waals surface area (Å²) in [6, 6.07) is 13.2. The Morgan fingerprint density at radius 2 is 1.82 bits per heavy atom. The summed E-state index contributed by atoms with van der Waals surface area (Å²) in [6.45, 7) is 9.07. The third-order valence-corrected chi connectivity index (χ3v) is 7.37. The van der Waals surface area contributed by atoms with Crippen molar-refractivity contribution < 1.29 is 23.5 Å². The number of benzene rings is 2. The zero-order valence-corrected chi connectivity index (χ0v) is 24.0. The molecule has 1 aliphatic rings. The molecule has 0 fully saturated rings. The first-order valence-electron chi connectivity index (χ1n) is 13.3. The van der Waals surface area contributed by atoms with Crippen LogP contribution in [0.4, 0.5) is 10.3 Å². The molecule has 11 heteroatoms. The summed E-state index contributed by atoms with van der Waals surface area (Å²) >= 11 is 1.31. The number of hydrogen-bond acceptors (Lipinski definition) is 8. The van der Waals surface area contributed by atoms with Crippen molar-refractivity contribution in [2.75, 3.05) is 31.6 Å². The number of likely N-dealkylation sites (N-methyl/N-ethyl adjacent to an activating group) is 1. The molecule has 9 nitrogen and oxygen atoms in total. The first-order valence-corrected chi connectivity index (χ1v) is 14.3. The van der Waals surface area contributed by atoms with Gasteiger partial charge in [-0.3, -0.25) is 4.79 Å². The van der Waals surface area contributed by atoms with Crippen LogP contribution in [-0.4, -0.2) is 57.8 Å². The number of ether oxygens (including phenoxy) is 2. The Labute approximate surface area is 237 Å². The molecule has 4 rings (SSSR count). The number of nitrogens with one attached hydrogen (secondary N) is 1. The van der Waals surface area contributed by atoms with Gasteiger partial charge in [0.05, 0.1) is 12.2 Å². The number of esters is 1. The molecular formula is C29H34FN5O4S. The molecule has 0 radical (unpaired) electrons. The average molecular weight is 568 g/mol. The number of aromatic nitrogens is 3. The van der Waals surface area contributed by atoms with Gasteiger partial charge in [-0.2, -0.15) is 4.98 Å². The van der Waals surface area contributed by atoms with E-state index < -0.39 is 12.0 Å². The van der Waals surface area contributed by atoms with E-state index in [0.717, 1.165) is 5.56 Å². The quantitative estimate of drug-likeness (QED) is 0.236. The fourth-order valence-electron chi connectivity index (χ4n) is 4.35. The van der Waals surface area contributed by atoms with Gasteiger partial charge in [0.2, 0.25) is 11.1 Å². The molecule has 0 aliphatic carbocycles.